The lowest BCUT2D eigenvalue weighted by atomic mass is 10.3. The van der Waals surface area contributed by atoms with E-state index in [0.29, 0.717) is 0 Å². The number of rotatable bonds is 2. The first-order chi connectivity index (χ1) is 6.59. The molecule has 76 valence electrons. The molecule has 1 aromatic carbocycles. The molecule has 0 bridgehead atoms. The molecule has 0 aliphatic heterocycles. The number of amides is 1. The molecule has 1 aromatic rings. The van der Waals surface area contributed by atoms with E-state index in [1.807, 2.05) is 18.2 Å². The molecular weight excluding hydrogens is 248 g/mol. The zero-order valence-electron chi connectivity index (χ0n) is 7.95. The van der Waals surface area contributed by atoms with E-state index in [1.165, 1.54) is 4.90 Å². The number of hydrogen-bond acceptors (Lipinski definition) is 3. The van der Waals surface area contributed by atoms with Gasteiger partial charge in [0.15, 0.2) is 0 Å². The van der Waals surface area contributed by atoms with E-state index < -0.39 is 6.09 Å². The summed E-state index contributed by atoms with van der Waals surface area (Å²) in [5, 5.41) is 0. The summed E-state index contributed by atoms with van der Waals surface area (Å²) in [5.74, 6) is 0. The van der Waals surface area contributed by atoms with Crippen molar-refractivity contribution < 1.29 is 9.63 Å². The van der Waals surface area contributed by atoms with Gasteiger partial charge in [0.1, 0.15) is 0 Å². The lowest BCUT2D eigenvalue weighted by molar-refractivity contribution is 0.140. The van der Waals surface area contributed by atoms with E-state index >= 15 is 0 Å². The molecule has 0 heterocycles. The van der Waals surface area contributed by atoms with E-state index in [9.17, 15) is 4.79 Å². The van der Waals surface area contributed by atoms with Gasteiger partial charge in [0, 0.05) is 18.6 Å². The number of carbonyl (C=O) groups is 1. The van der Waals surface area contributed by atoms with Gasteiger partial charge in [-0.25, -0.2) is 10.3 Å². The highest BCUT2D eigenvalue weighted by atomic mass is 79.9. The second-order valence-electron chi connectivity index (χ2n) is 2.87. The number of anilines is 1. The first kappa shape index (κ1) is 10.8. The summed E-state index contributed by atoms with van der Waals surface area (Å²) >= 11 is 3.31. The molecule has 0 fully saturated rings. The largest absolute Gasteiger partial charge is 0.433 e. The van der Waals surface area contributed by atoms with Gasteiger partial charge in [0.25, 0.3) is 0 Å². The summed E-state index contributed by atoms with van der Waals surface area (Å²) in [4.78, 5) is 17.1. The fraction of sp³-hybridized carbons (Fsp3) is 0.222. The quantitative estimate of drug-likeness (QED) is 0.829. The van der Waals surface area contributed by atoms with Crippen LogP contribution in [0.1, 0.15) is 0 Å². The molecule has 0 spiro atoms. The molecule has 0 atom stereocenters. The lowest BCUT2D eigenvalue weighted by Gasteiger charge is -2.11. The van der Waals surface area contributed by atoms with Gasteiger partial charge in [0.05, 0.1) is 5.69 Å². The number of carbonyl (C=O) groups excluding carboxylic acids is 1. The van der Waals surface area contributed by atoms with Crippen LogP contribution in [0.3, 0.4) is 0 Å². The normalized spacial score (nSPS) is 9.36. The van der Waals surface area contributed by atoms with Gasteiger partial charge in [-0.05, 0) is 18.2 Å². The van der Waals surface area contributed by atoms with Crippen LogP contribution in [0.4, 0.5) is 10.5 Å². The highest BCUT2D eigenvalue weighted by molar-refractivity contribution is 9.10. The van der Waals surface area contributed by atoms with Crippen LogP contribution in [0.25, 0.3) is 0 Å². The molecule has 0 aromatic heterocycles. The maximum Gasteiger partial charge on any atom is 0.433 e. The molecule has 1 N–H and O–H groups in total. The minimum Gasteiger partial charge on any atom is -0.324 e. The Morgan fingerprint density at radius 3 is 2.79 bits per heavy atom. The van der Waals surface area contributed by atoms with Gasteiger partial charge in [-0.1, -0.05) is 22.0 Å². The van der Waals surface area contributed by atoms with Crippen LogP contribution in [0.5, 0.6) is 0 Å². The highest BCUT2D eigenvalue weighted by Gasteiger charge is 2.04. The second kappa shape index (κ2) is 4.85. The maximum absolute atomic E-state index is 11.0. The number of nitrogens with zero attached hydrogens (tertiary/aromatic N) is 1. The fourth-order valence-corrected chi connectivity index (χ4v) is 1.15. The highest BCUT2D eigenvalue weighted by Crippen LogP contribution is 2.15. The van der Waals surface area contributed by atoms with Crippen molar-refractivity contribution >= 4 is 27.7 Å². The number of nitrogens with one attached hydrogen (secondary N) is 1. The van der Waals surface area contributed by atoms with Crippen molar-refractivity contribution in [2.24, 2.45) is 0 Å². The van der Waals surface area contributed by atoms with Crippen LogP contribution >= 0.6 is 15.9 Å². The number of halogens is 1. The fourth-order valence-electron chi connectivity index (χ4n) is 0.746. The van der Waals surface area contributed by atoms with Gasteiger partial charge in [0.2, 0.25) is 0 Å². The van der Waals surface area contributed by atoms with E-state index in [4.69, 9.17) is 4.84 Å². The van der Waals surface area contributed by atoms with Crippen LogP contribution in [-0.2, 0) is 4.84 Å². The SMILES string of the molecule is CN(C)C(=O)ONc1cccc(Br)c1. The van der Waals surface area contributed by atoms with E-state index in [0.717, 1.165) is 10.2 Å². The molecule has 0 radical (unpaired) electrons. The zero-order valence-corrected chi connectivity index (χ0v) is 9.54. The van der Waals surface area contributed by atoms with Crippen molar-refractivity contribution in [2.75, 3.05) is 19.6 Å². The first-order valence-electron chi connectivity index (χ1n) is 3.99. The monoisotopic (exact) mass is 258 g/mol. The summed E-state index contributed by atoms with van der Waals surface area (Å²) in [5.41, 5.74) is 3.26. The maximum atomic E-state index is 11.0. The van der Waals surface area contributed by atoms with E-state index in [2.05, 4.69) is 21.4 Å². The predicted octanol–water partition coefficient (Wildman–Crippen LogP) is 2.47. The van der Waals surface area contributed by atoms with Gasteiger partial charge in [-0.3, -0.25) is 0 Å². The van der Waals surface area contributed by atoms with Gasteiger partial charge >= 0.3 is 6.09 Å². The average molecular weight is 259 g/mol. The Hall–Kier alpha value is -1.23. The zero-order chi connectivity index (χ0) is 10.6. The minimum atomic E-state index is -0.440. The van der Waals surface area contributed by atoms with Gasteiger partial charge in [-0.2, -0.15) is 0 Å². The Labute approximate surface area is 90.9 Å². The second-order valence-corrected chi connectivity index (χ2v) is 3.79. The molecule has 1 amide bonds. The topological polar surface area (TPSA) is 41.6 Å². The number of hydrogen-bond donors (Lipinski definition) is 1. The molecular formula is C9H11BrN2O2. The molecule has 0 aliphatic carbocycles. The predicted molar refractivity (Wildman–Crippen MR) is 57.9 cm³/mol. The van der Waals surface area contributed by atoms with E-state index in [-0.39, 0.29) is 0 Å². The van der Waals surface area contributed by atoms with Crippen molar-refractivity contribution in [1.29, 1.82) is 0 Å². The first-order valence-corrected chi connectivity index (χ1v) is 4.78. The molecule has 1 rings (SSSR count). The van der Waals surface area contributed by atoms with Crippen LogP contribution in [0, 0.1) is 0 Å². The Balaban J connectivity index is 2.50. The minimum absolute atomic E-state index is 0.440. The van der Waals surface area contributed by atoms with Crippen LogP contribution in [-0.4, -0.2) is 25.1 Å². The van der Waals surface area contributed by atoms with Crippen molar-refractivity contribution in [3.8, 4) is 0 Å². The lowest BCUT2D eigenvalue weighted by Crippen LogP contribution is -2.24. The summed E-state index contributed by atoms with van der Waals surface area (Å²) in [6.45, 7) is 0. The standard InChI is InChI=1S/C9H11BrN2O2/c1-12(2)9(13)14-11-8-5-3-4-7(10)6-8/h3-6,11H,1-2H3. The summed E-state index contributed by atoms with van der Waals surface area (Å²) in [6, 6.07) is 7.34. The molecule has 14 heavy (non-hydrogen) atoms. The van der Waals surface area contributed by atoms with Gasteiger partial charge < -0.3 is 9.74 Å². The summed E-state index contributed by atoms with van der Waals surface area (Å²) in [7, 11) is 3.23. The van der Waals surface area contributed by atoms with Crippen molar-refractivity contribution in [3.63, 3.8) is 0 Å². The smallest absolute Gasteiger partial charge is 0.324 e. The molecule has 5 heteroatoms. The van der Waals surface area contributed by atoms with Gasteiger partial charge in [-0.15, -0.1) is 0 Å². The average Bonchev–Trinajstić information content (AvgIpc) is 2.14. The molecule has 0 unspecified atom stereocenters. The third-order valence-corrected chi connectivity index (χ3v) is 1.94. The Bertz CT molecular complexity index is 328. The van der Waals surface area contributed by atoms with Crippen molar-refractivity contribution in [2.45, 2.75) is 0 Å². The van der Waals surface area contributed by atoms with Crippen molar-refractivity contribution in [3.05, 3.63) is 28.7 Å². The van der Waals surface area contributed by atoms with Crippen LogP contribution < -0.4 is 5.48 Å². The third kappa shape index (κ3) is 3.26. The van der Waals surface area contributed by atoms with E-state index in [1.54, 1.807) is 20.2 Å². The van der Waals surface area contributed by atoms with Crippen molar-refractivity contribution in [1.82, 2.24) is 4.90 Å². The summed E-state index contributed by atoms with van der Waals surface area (Å²) in [6.07, 6.45) is -0.440. The molecule has 4 nitrogen and oxygen atoms in total. The van der Waals surface area contributed by atoms with Crippen LogP contribution in [0.2, 0.25) is 0 Å². The number of benzene rings is 1. The Morgan fingerprint density at radius 1 is 1.50 bits per heavy atom. The molecule has 0 saturated heterocycles. The third-order valence-electron chi connectivity index (χ3n) is 1.45. The van der Waals surface area contributed by atoms with Crippen LogP contribution in [0.15, 0.2) is 28.7 Å². The summed E-state index contributed by atoms with van der Waals surface area (Å²) < 4.78 is 0.920. The molecule has 0 saturated carbocycles. The molecule has 0 aliphatic rings. The Kier molecular flexibility index (Phi) is 3.76. The Morgan fingerprint density at radius 2 is 2.21 bits per heavy atom.